The number of rotatable bonds is 7. The Morgan fingerprint density at radius 3 is 2.71 bits per heavy atom. The van der Waals surface area contributed by atoms with Gasteiger partial charge in [-0.3, -0.25) is 4.98 Å². The van der Waals surface area contributed by atoms with Crippen LogP contribution in [0.25, 0.3) is 0 Å². The molecule has 0 aliphatic carbocycles. The molecule has 112 valence electrons. The quantitative estimate of drug-likeness (QED) is 0.773. The lowest BCUT2D eigenvalue weighted by atomic mass is 10.1. The molecule has 1 aromatic heterocycles. The van der Waals surface area contributed by atoms with Crippen LogP contribution >= 0.6 is 23.4 Å². The third-order valence-electron chi connectivity index (χ3n) is 3.08. The van der Waals surface area contributed by atoms with E-state index in [2.05, 4.69) is 17.2 Å². The van der Waals surface area contributed by atoms with Crippen LogP contribution in [-0.4, -0.2) is 23.3 Å². The van der Waals surface area contributed by atoms with Crippen molar-refractivity contribution in [3.05, 3.63) is 59.1 Å². The molecule has 1 N–H and O–H groups in total. The predicted octanol–water partition coefficient (Wildman–Crippen LogP) is 4.19. The second kappa shape index (κ2) is 8.37. The maximum atomic E-state index is 12.9. The topological polar surface area (TPSA) is 24.9 Å². The fourth-order valence-corrected chi connectivity index (χ4v) is 3.20. The largest absolute Gasteiger partial charge is 0.313 e. The first-order chi connectivity index (χ1) is 10.2. The number of hydrogen-bond donors (Lipinski definition) is 1. The number of likely N-dealkylation sites (N-methyl/N-ethyl adjacent to an activating group) is 1. The summed E-state index contributed by atoms with van der Waals surface area (Å²) in [6, 6.07) is 8.86. The van der Waals surface area contributed by atoms with E-state index in [0.29, 0.717) is 11.1 Å². The van der Waals surface area contributed by atoms with E-state index in [4.69, 9.17) is 11.6 Å². The molecular formula is C16H18ClFN2S. The van der Waals surface area contributed by atoms with Crippen molar-refractivity contribution in [3.8, 4) is 0 Å². The predicted molar refractivity (Wildman–Crippen MR) is 87.5 cm³/mol. The van der Waals surface area contributed by atoms with Gasteiger partial charge in [0, 0.05) is 29.1 Å². The average Bonchev–Trinajstić information content (AvgIpc) is 2.49. The van der Waals surface area contributed by atoms with Crippen LogP contribution in [0.2, 0.25) is 5.02 Å². The second-order valence-corrected chi connectivity index (χ2v) is 6.19. The summed E-state index contributed by atoms with van der Waals surface area (Å²) in [6.07, 6.45) is 4.29. The van der Waals surface area contributed by atoms with Crippen LogP contribution in [0, 0.1) is 5.82 Å². The van der Waals surface area contributed by atoms with Gasteiger partial charge < -0.3 is 5.32 Å². The average molecular weight is 325 g/mol. The van der Waals surface area contributed by atoms with E-state index in [1.165, 1.54) is 12.1 Å². The van der Waals surface area contributed by atoms with Crippen LogP contribution in [0.4, 0.5) is 4.39 Å². The highest BCUT2D eigenvalue weighted by Gasteiger charge is 2.11. The Morgan fingerprint density at radius 2 is 2.05 bits per heavy atom. The van der Waals surface area contributed by atoms with Gasteiger partial charge in [-0.15, -0.1) is 11.8 Å². The van der Waals surface area contributed by atoms with Gasteiger partial charge in [0.15, 0.2) is 0 Å². The van der Waals surface area contributed by atoms with Crippen LogP contribution in [0.15, 0.2) is 47.6 Å². The van der Waals surface area contributed by atoms with Crippen molar-refractivity contribution in [1.29, 1.82) is 0 Å². The number of thioether (sulfide) groups is 1. The van der Waals surface area contributed by atoms with Crippen LogP contribution in [0.3, 0.4) is 0 Å². The Kier molecular flexibility index (Phi) is 6.49. The number of aromatic nitrogens is 1. The minimum Gasteiger partial charge on any atom is -0.313 e. The summed E-state index contributed by atoms with van der Waals surface area (Å²) in [6.45, 7) is 2.99. The van der Waals surface area contributed by atoms with Crippen LogP contribution in [-0.2, 0) is 6.42 Å². The summed E-state index contributed by atoms with van der Waals surface area (Å²) in [5.74, 6) is 0.698. The standard InChI is InChI=1S/C16H18ClFN2S/c1-2-20-14(9-12-7-8-19-10-16(12)17)11-21-15-5-3-13(18)4-6-15/h3-8,10,14,20H,2,9,11H2,1H3. The highest BCUT2D eigenvalue weighted by atomic mass is 35.5. The molecule has 2 rings (SSSR count). The molecule has 0 bridgehead atoms. The Morgan fingerprint density at radius 1 is 1.29 bits per heavy atom. The van der Waals surface area contributed by atoms with Gasteiger partial charge in [-0.1, -0.05) is 18.5 Å². The molecule has 1 heterocycles. The van der Waals surface area contributed by atoms with E-state index in [1.807, 2.05) is 18.2 Å². The molecule has 0 aliphatic heterocycles. The molecule has 21 heavy (non-hydrogen) atoms. The van der Waals surface area contributed by atoms with E-state index in [-0.39, 0.29) is 5.82 Å². The van der Waals surface area contributed by atoms with Gasteiger partial charge in [0.25, 0.3) is 0 Å². The molecular weight excluding hydrogens is 307 g/mol. The Bertz CT molecular complexity index is 562. The van der Waals surface area contributed by atoms with Crippen molar-refractivity contribution in [1.82, 2.24) is 10.3 Å². The molecule has 2 nitrogen and oxygen atoms in total. The van der Waals surface area contributed by atoms with E-state index >= 15 is 0 Å². The highest BCUT2D eigenvalue weighted by Crippen LogP contribution is 2.22. The van der Waals surface area contributed by atoms with Crippen LogP contribution in [0.1, 0.15) is 12.5 Å². The number of nitrogens with one attached hydrogen (secondary N) is 1. The molecule has 0 amide bonds. The zero-order chi connectivity index (χ0) is 15.1. The molecule has 0 radical (unpaired) electrons. The third-order valence-corrected chi connectivity index (χ3v) is 4.60. The molecule has 1 unspecified atom stereocenters. The lowest BCUT2D eigenvalue weighted by Crippen LogP contribution is -2.33. The number of halogens is 2. The third kappa shape index (κ3) is 5.30. The van der Waals surface area contributed by atoms with Gasteiger partial charge in [-0.25, -0.2) is 4.39 Å². The molecule has 1 atom stereocenters. The maximum absolute atomic E-state index is 12.9. The number of nitrogens with zero attached hydrogens (tertiary/aromatic N) is 1. The zero-order valence-electron chi connectivity index (χ0n) is 11.9. The van der Waals surface area contributed by atoms with E-state index < -0.39 is 0 Å². The smallest absolute Gasteiger partial charge is 0.123 e. The molecule has 0 aliphatic rings. The first-order valence-corrected chi connectivity index (χ1v) is 8.25. The van der Waals surface area contributed by atoms with Gasteiger partial charge in [0.2, 0.25) is 0 Å². The van der Waals surface area contributed by atoms with Crippen molar-refractivity contribution >= 4 is 23.4 Å². The van der Waals surface area contributed by atoms with E-state index in [0.717, 1.165) is 29.2 Å². The molecule has 1 aromatic carbocycles. The van der Waals surface area contributed by atoms with Crippen molar-refractivity contribution < 1.29 is 4.39 Å². The number of benzene rings is 1. The second-order valence-electron chi connectivity index (χ2n) is 4.69. The lowest BCUT2D eigenvalue weighted by Gasteiger charge is -2.18. The fraction of sp³-hybridized carbons (Fsp3) is 0.312. The SMILES string of the molecule is CCNC(CSc1ccc(F)cc1)Cc1ccncc1Cl. The Hall–Kier alpha value is -1.10. The molecule has 0 saturated heterocycles. The van der Waals surface area contributed by atoms with Gasteiger partial charge in [0.05, 0.1) is 5.02 Å². The summed E-state index contributed by atoms with van der Waals surface area (Å²) >= 11 is 7.88. The summed E-state index contributed by atoms with van der Waals surface area (Å²) in [5, 5.41) is 4.17. The normalized spacial score (nSPS) is 12.3. The lowest BCUT2D eigenvalue weighted by molar-refractivity contribution is 0.572. The monoisotopic (exact) mass is 324 g/mol. The Labute approximate surface area is 134 Å². The maximum Gasteiger partial charge on any atom is 0.123 e. The van der Waals surface area contributed by atoms with E-state index in [1.54, 1.807) is 24.2 Å². The van der Waals surface area contributed by atoms with Crippen molar-refractivity contribution in [3.63, 3.8) is 0 Å². The molecule has 5 heteroatoms. The molecule has 0 fully saturated rings. The summed E-state index contributed by atoms with van der Waals surface area (Å²) < 4.78 is 12.9. The fourth-order valence-electron chi connectivity index (χ4n) is 2.04. The minimum atomic E-state index is -0.203. The summed E-state index contributed by atoms with van der Waals surface area (Å²) in [7, 11) is 0. The molecule has 2 aromatic rings. The first kappa shape index (κ1) is 16.3. The van der Waals surface area contributed by atoms with Crippen molar-refractivity contribution in [2.45, 2.75) is 24.3 Å². The van der Waals surface area contributed by atoms with Gasteiger partial charge in [-0.05, 0) is 48.9 Å². The van der Waals surface area contributed by atoms with Crippen molar-refractivity contribution in [2.24, 2.45) is 0 Å². The van der Waals surface area contributed by atoms with Crippen LogP contribution in [0.5, 0.6) is 0 Å². The van der Waals surface area contributed by atoms with Gasteiger partial charge in [0.1, 0.15) is 5.82 Å². The molecule has 0 saturated carbocycles. The Balaban J connectivity index is 1.95. The summed E-state index contributed by atoms with van der Waals surface area (Å²) in [5.41, 5.74) is 1.09. The zero-order valence-corrected chi connectivity index (χ0v) is 13.4. The first-order valence-electron chi connectivity index (χ1n) is 6.89. The van der Waals surface area contributed by atoms with Gasteiger partial charge >= 0.3 is 0 Å². The highest BCUT2D eigenvalue weighted by molar-refractivity contribution is 7.99. The number of hydrogen-bond acceptors (Lipinski definition) is 3. The van der Waals surface area contributed by atoms with E-state index in [9.17, 15) is 4.39 Å². The molecule has 0 spiro atoms. The summed E-state index contributed by atoms with van der Waals surface area (Å²) in [4.78, 5) is 5.08. The van der Waals surface area contributed by atoms with Crippen molar-refractivity contribution in [2.75, 3.05) is 12.3 Å². The minimum absolute atomic E-state index is 0.203. The number of pyridine rings is 1. The van der Waals surface area contributed by atoms with Gasteiger partial charge in [-0.2, -0.15) is 0 Å². The van der Waals surface area contributed by atoms with Crippen LogP contribution < -0.4 is 5.32 Å².